The molecular weight excluding hydrogens is 152 g/mol. The van der Waals surface area contributed by atoms with Crippen molar-refractivity contribution in [1.29, 1.82) is 0 Å². The van der Waals surface area contributed by atoms with Crippen LogP contribution in [-0.4, -0.2) is 19.0 Å². The summed E-state index contributed by atoms with van der Waals surface area (Å²) in [5.41, 5.74) is 1.33. The third-order valence-corrected chi connectivity index (χ3v) is 2.69. The third kappa shape index (κ3) is 1.58. The summed E-state index contributed by atoms with van der Waals surface area (Å²) in [6.07, 6.45) is 5.90. The van der Waals surface area contributed by atoms with E-state index >= 15 is 0 Å². The van der Waals surface area contributed by atoms with Gasteiger partial charge in [0.1, 0.15) is 0 Å². The van der Waals surface area contributed by atoms with Crippen LogP contribution in [0.2, 0.25) is 0 Å². The Bertz CT molecular complexity index is 212. The van der Waals surface area contributed by atoms with Crippen LogP contribution in [0, 0.1) is 5.92 Å². The van der Waals surface area contributed by atoms with Crippen molar-refractivity contribution in [3.8, 4) is 0 Å². The quantitative estimate of drug-likeness (QED) is 0.592. The third-order valence-electron chi connectivity index (χ3n) is 2.69. The molecular formula is C10H14O2. The summed E-state index contributed by atoms with van der Waals surface area (Å²) in [5.74, 6) is 0.848. The fourth-order valence-electron chi connectivity index (χ4n) is 1.97. The Balaban J connectivity index is 1.99. The molecule has 1 aliphatic heterocycles. The zero-order valence-electron chi connectivity index (χ0n) is 7.21. The van der Waals surface area contributed by atoms with E-state index in [9.17, 15) is 4.79 Å². The van der Waals surface area contributed by atoms with Crippen molar-refractivity contribution in [3.63, 3.8) is 0 Å². The van der Waals surface area contributed by atoms with Gasteiger partial charge in [-0.2, -0.15) is 0 Å². The van der Waals surface area contributed by atoms with Crippen LogP contribution in [0.1, 0.15) is 25.7 Å². The predicted molar refractivity (Wildman–Crippen MR) is 45.9 cm³/mol. The number of ether oxygens (including phenoxy) is 1. The SMILES string of the molecule is O=C1C=C(C2CCCOC2)CC1. The van der Waals surface area contributed by atoms with E-state index in [0.717, 1.165) is 32.5 Å². The van der Waals surface area contributed by atoms with Crippen LogP contribution in [0.5, 0.6) is 0 Å². The molecule has 1 unspecified atom stereocenters. The molecule has 2 heteroatoms. The lowest BCUT2D eigenvalue weighted by molar-refractivity contribution is -0.114. The minimum atomic E-state index is 0.301. The van der Waals surface area contributed by atoms with E-state index in [0.29, 0.717) is 11.7 Å². The molecule has 2 rings (SSSR count). The van der Waals surface area contributed by atoms with E-state index in [2.05, 4.69) is 0 Å². The Labute approximate surface area is 72.6 Å². The molecule has 0 N–H and O–H groups in total. The molecule has 1 heterocycles. The molecule has 1 saturated heterocycles. The first-order valence-corrected chi connectivity index (χ1v) is 4.67. The topological polar surface area (TPSA) is 26.3 Å². The number of carbonyl (C=O) groups is 1. The van der Waals surface area contributed by atoms with E-state index in [4.69, 9.17) is 4.74 Å². The molecule has 0 aromatic rings. The molecule has 0 bridgehead atoms. The highest BCUT2D eigenvalue weighted by atomic mass is 16.5. The number of ketones is 1. The number of allylic oxidation sites excluding steroid dienone is 1. The van der Waals surface area contributed by atoms with Gasteiger partial charge in [-0.25, -0.2) is 0 Å². The van der Waals surface area contributed by atoms with Crippen LogP contribution < -0.4 is 0 Å². The molecule has 66 valence electrons. The molecule has 0 spiro atoms. The van der Waals surface area contributed by atoms with Gasteiger partial charge >= 0.3 is 0 Å². The van der Waals surface area contributed by atoms with Gasteiger partial charge in [0.2, 0.25) is 0 Å². The molecule has 0 aromatic carbocycles. The number of carbonyl (C=O) groups excluding carboxylic acids is 1. The monoisotopic (exact) mass is 166 g/mol. The molecule has 2 nitrogen and oxygen atoms in total. The van der Waals surface area contributed by atoms with Gasteiger partial charge in [-0.05, 0) is 25.3 Å². The Morgan fingerprint density at radius 3 is 2.92 bits per heavy atom. The summed E-state index contributed by atoms with van der Waals surface area (Å²) in [5, 5.41) is 0. The van der Waals surface area contributed by atoms with Crippen molar-refractivity contribution >= 4 is 5.78 Å². The second-order valence-electron chi connectivity index (χ2n) is 3.60. The normalized spacial score (nSPS) is 30.5. The van der Waals surface area contributed by atoms with Crippen molar-refractivity contribution in [3.05, 3.63) is 11.6 Å². The first-order valence-electron chi connectivity index (χ1n) is 4.67. The van der Waals surface area contributed by atoms with E-state index in [1.165, 1.54) is 12.0 Å². The minimum absolute atomic E-state index is 0.301. The fourth-order valence-corrected chi connectivity index (χ4v) is 1.97. The fraction of sp³-hybridized carbons (Fsp3) is 0.700. The minimum Gasteiger partial charge on any atom is -0.381 e. The Morgan fingerprint density at radius 1 is 1.42 bits per heavy atom. The molecule has 0 amide bonds. The van der Waals surface area contributed by atoms with E-state index in [1.54, 1.807) is 0 Å². The van der Waals surface area contributed by atoms with Gasteiger partial charge in [0.05, 0.1) is 6.61 Å². The van der Waals surface area contributed by atoms with Crippen LogP contribution in [0.4, 0.5) is 0 Å². The highest BCUT2D eigenvalue weighted by Crippen LogP contribution is 2.28. The van der Waals surface area contributed by atoms with Gasteiger partial charge < -0.3 is 4.74 Å². The van der Waals surface area contributed by atoms with Gasteiger partial charge in [0.15, 0.2) is 5.78 Å². The highest BCUT2D eigenvalue weighted by Gasteiger charge is 2.22. The van der Waals surface area contributed by atoms with Crippen molar-refractivity contribution in [2.45, 2.75) is 25.7 Å². The summed E-state index contributed by atoms with van der Waals surface area (Å²) >= 11 is 0. The first-order chi connectivity index (χ1) is 5.86. The number of rotatable bonds is 1. The van der Waals surface area contributed by atoms with Crippen molar-refractivity contribution in [1.82, 2.24) is 0 Å². The summed E-state index contributed by atoms with van der Waals surface area (Å²) in [6, 6.07) is 0. The lowest BCUT2D eigenvalue weighted by atomic mass is 9.93. The highest BCUT2D eigenvalue weighted by molar-refractivity contribution is 5.93. The molecule has 0 radical (unpaired) electrons. The molecule has 1 fully saturated rings. The zero-order valence-corrected chi connectivity index (χ0v) is 7.21. The van der Waals surface area contributed by atoms with E-state index in [-0.39, 0.29) is 0 Å². The van der Waals surface area contributed by atoms with Crippen LogP contribution in [0.15, 0.2) is 11.6 Å². The van der Waals surface area contributed by atoms with Crippen LogP contribution in [-0.2, 0) is 9.53 Å². The molecule has 12 heavy (non-hydrogen) atoms. The van der Waals surface area contributed by atoms with Gasteiger partial charge in [0.25, 0.3) is 0 Å². The summed E-state index contributed by atoms with van der Waals surface area (Å²) < 4.78 is 5.38. The van der Waals surface area contributed by atoms with Crippen molar-refractivity contribution < 1.29 is 9.53 Å². The zero-order chi connectivity index (χ0) is 8.39. The number of hydrogen-bond acceptors (Lipinski definition) is 2. The van der Waals surface area contributed by atoms with Crippen LogP contribution >= 0.6 is 0 Å². The van der Waals surface area contributed by atoms with E-state index in [1.807, 2.05) is 6.08 Å². The second kappa shape index (κ2) is 3.40. The average Bonchev–Trinajstić information content (AvgIpc) is 2.54. The van der Waals surface area contributed by atoms with Gasteiger partial charge in [-0.15, -0.1) is 0 Å². The lowest BCUT2D eigenvalue weighted by Crippen LogP contribution is -2.18. The molecule has 2 aliphatic rings. The van der Waals surface area contributed by atoms with Gasteiger partial charge in [0, 0.05) is 18.9 Å². The molecule has 1 aliphatic carbocycles. The van der Waals surface area contributed by atoms with Gasteiger partial charge in [-0.3, -0.25) is 4.79 Å². The maximum absolute atomic E-state index is 11.0. The maximum atomic E-state index is 11.0. The summed E-state index contributed by atoms with van der Waals surface area (Å²) in [4.78, 5) is 11.0. The molecule has 0 saturated carbocycles. The smallest absolute Gasteiger partial charge is 0.155 e. The Hall–Kier alpha value is -0.630. The lowest BCUT2D eigenvalue weighted by Gasteiger charge is -2.22. The standard InChI is InChI=1S/C10H14O2/c11-10-4-3-8(6-10)9-2-1-5-12-7-9/h6,9H,1-5,7H2. The second-order valence-corrected chi connectivity index (χ2v) is 3.60. The predicted octanol–water partition coefficient (Wildman–Crippen LogP) is 1.70. The average molecular weight is 166 g/mol. The van der Waals surface area contributed by atoms with Crippen LogP contribution in [0.3, 0.4) is 0 Å². The Morgan fingerprint density at radius 2 is 2.33 bits per heavy atom. The number of hydrogen-bond donors (Lipinski definition) is 0. The largest absolute Gasteiger partial charge is 0.381 e. The summed E-state index contributed by atoms with van der Waals surface area (Å²) in [6.45, 7) is 1.73. The van der Waals surface area contributed by atoms with Crippen LogP contribution in [0.25, 0.3) is 0 Å². The first kappa shape index (κ1) is 7.99. The molecule has 0 aromatic heterocycles. The molecule has 1 atom stereocenters. The van der Waals surface area contributed by atoms with Gasteiger partial charge in [-0.1, -0.05) is 5.57 Å². The van der Waals surface area contributed by atoms with E-state index < -0.39 is 0 Å². The van der Waals surface area contributed by atoms with Crippen molar-refractivity contribution in [2.75, 3.05) is 13.2 Å². The maximum Gasteiger partial charge on any atom is 0.155 e. The Kier molecular flexibility index (Phi) is 2.26. The van der Waals surface area contributed by atoms with Crippen molar-refractivity contribution in [2.24, 2.45) is 5.92 Å². The summed E-state index contributed by atoms with van der Waals surface area (Å²) in [7, 11) is 0.